The average molecular weight is 392 g/mol. The molecule has 0 amide bonds. The van der Waals surface area contributed by atoms with Gasteiger partial charge >= 0.3 is 0 Å². The number of ether oxygens (including phenoxy) is 2. The van der Waals surface area contributed by atoms with Crippen LogP contribution in [0.4, 0.5) is 0 Å². The molecule has 2 aromatic carbocycles. The predicted octanol–water partition coefficient (Wildman–Crippen LogP) is 5.53. The van der Waals surface area contributed by atoms with Gasteiger partial charge in [-0.1, -0.05) is 24.6 Å². The van der Waals surface area contributed by atoms with E-state index in [9.17, 15) is 0 Å². The minimum atomic E-state index is 0. The lowest BCUT2D eigenvalue weighted by Gasteiger charge is -2.30. The van der Waals surface area contributed by atoms with Crippen molar-refractivity contribution in [1.29, 1.82) is 0 Å². The second kappa shape index (κ2) is 9.03. The van der Waals surface area contributed by atoms with Crippen molar-refractivity contribution in [2.24, 2.45) is 0 Å². The van der Waals surface area contributed by atoms with Crippen LogP contribution in [0.5, 0.6) is 17.2 Å². The summed E-state index contributed by atoms with van der Waals surface area (Å²) in [6, 6.07) is 14.5. The molecule has 5 heteroatoms. The summed E-state index contributed by atoms with van der Waals surface area (Å²) in [4.78, 5) is 2.61. The van der Waals surface area contributed by atoms with Crippen LogP contribution < -0.4 is 9.47 Å². The van der Waals surface area contributed by atoms with Crippen LogP contribution in [-0.2, 0) is 0 Å². The molecule has 1 unspecified atom stereocenters. The van der Waals surface area contributed by atoms with E-state index in [2.05, 4.69) is 29.2 Å². The Morgan fingerprint density at radius 3 is 2.62 bits per heavy atom. The number of hydrogen-bond acceptors (Lipinski definition) is 4. The van der Waals surface area contributed by atoms with Gasteiger partial charge in [-0.25, -0.2) is 0 Å². The van der Waals surface area contributed by atoms with Gasteiger partial charge in [0.05, 0.1) is 12.4 Å². The van der Waals surface area contributed by atoms with Crippen molar-refractivity contribution < 1.29 is 9.47 Å². The number of fused-ring (bicyclic) bond motifs is 2. The fourth-order valence-electron chi connectivity index (χ4n) is 3.69. The standard InChI is InChI=1S/C21H25NO2S.ClH/c1-23-16-9-10-20-18(15-16)21(17-7-3-4-8-19(17)24-20)25-14-13-22-11-5-2-6-12-22;/h3-4,7-10,15,21H,2,5-6,11-14H2,1H3;1H. The van der Waals surface area contributed by atoms with E-state index in [1.165, 1.54) is 50.0 Å². The lowest BCUT2D eigenvalue weighted by atomic mass is 9.99. The second-order valence-electron chi connectivity index (χ2n) is 6.70. The van der Waals surface area contributed by atoms with Gasteiger partial charge < -0.3 is 14.4 Å². The number of nitrogens with zero attached hydrogens (tertiary/aromatic N) is 1. The van der Waals surface area contributed by atoms with E-state index < -0.39 is 0 Å². The molecule has 140 valence electrons. The van der Waals surface area contributed by atoms with Crippen LogP contribution in [0.2, 0.25) is 0 Å². The average Bonchev–Trinajstić information content (AvgIpc) is 2.68. The van der Waals surface area contributed by atoms with Crippen LogP contribution in [0.1, 0.15) is 35.6 Å². The lowest BCUT2D eigenvalue weighted by molar-refractivity contribution is 0.242. The third-order valence-electron chi connectivity index (χ3n) is 5.06. The fourth-order valence-corrected chi connectivity index (χ4v) is 5.03. The number of piperidine rings is 1. The number of rotatable bonds is 5. The summed E-state index contributed by atoms with van der Waals surface area (Å²) in [5.41, 5.74) is 2.49. The summed E-state index contributed by atoms with van der Waals surface area (Å²) >= 11 is 2.02. The first-order valence-corrected chi connectivity index (χ1v) is 10.2. The van der Waals surface area contributed by atoms with E-state index in [0.29, 0.717) is 5.25 Å². The molecule has 26 heavy (non-hydrogen) atoms. The van der Waals surface area contributed by atoms with E-state index in [1.807, 2.05) is 30.0 Å². The highest BCUT2D eigenvalue weighted by molar-refractivity contribution is 7.99. The first kappa shape index (κ1) is 19.4. The highest BCUT2D eigenvalue weighted by Crippen LogP contribution is 2.50. The van der Waals surface area contributed by atoms with Crippen molar-refractivity contribution in [2.75, 3.05) is 32.5 Å². The van der Waals surface area contributed by atoms with E-state index >= 15 is 0 Å². The van der Waals surface area contributed by atoms with Crippen LogP contribution in [0.25, 0.3) is 0 Å². The van der Waals surface area contributed by atoms with Crippen LogP contribution in [0.3, 0.4) is 0 Å². The van der Waals surface area contributed by atoms with Crippen LogP contribution in [-0.4, -0.2) is 37.4 Å². The zero-order valence-electron chi connectivity index (χ0n) is 15.1. The van der Waals surface area contributed by atoms with Gasteiger partial charge in [-0.15, -0.1) is 24.2 Å². The van der Waals surface area contributed by atoms with Gasteiger partial charge in [-0.3, -0.25) is 0 Å². The topological polar surface area (TPSA) is 21.7 Å². The molecule has 0 saturated carbocycles. The maximum atomic E-state index is 6.12. The molecule has 0 spiro atoms. The zero-order chi connectivity index (χ0) is 17.1. The normalized spacial score (nSPS) is 18.9. The number of hydrogen-bond donors (Lipinski definition) is 0. The molecular formula is C21H26ClNO2S. The van der Waals surface area contributed by atoms with E-state index in [1.54, 1.807) is 7.11 Å². The van der Waals surface area contributed by atoms with E-state index in [-0.39, 0.29) is 12.4 Å². The quantitative estimate of drug-likeness (QED) is 0.667. The molecule has 1 fully saturated rings. The molecule has 0 aliphatic carbocycles. The fraction of sp³-hybridized carbons (Fsp3) is 0.429. The molecule has 3 nitrogen and oxygen atoms in total. The number of thioether (sulfide) groups is 1. The van der Waals surface area contributed by atoms with Crippen molar-refractivity contribution in [3.8, 4) is 17.2 Å². The summed E-state index contributed by atoms with van der Waals surface area (Å²) in [7, 11) is 1.72. The Morgan fingerprint density at radius 2 is 1.81 bits per heavy atom. The Morgan fingerprint density at radius 1 is 1.04 bits per heavy atom. The number of halogens is 1. The van der Waals surface area contributed by atoms with Crippen molar-refractivity contribution in [3.05, 3.63) is 53.6 Å². The molecular weight excluding hydrogens is 366 g/mol. The third-order valence-corrected chi connectivity index (χ3v) is 6.32. The Labute approximate surface area is 166 Å². The van der Waals surface area contributed by atoms with Gasteiger partial charge in [0.15, 0.2) is 0 Å². The van der Waals surface area contributed by atoms with Crippen LogP contribution in [0, 0.1) is 0 Å². The Kier molecular flexibility index (Phi) is 6.74. The van der Waals surface area contributed by atoms with Crippen molar-refractivity contribution in [1.82, 2.24) is 4.90 Å². The highest BCUT2D eigenvalue weighted by atomic mass is 35.5. The third kappa shape index (κ3) is 4.13. The number of benzene rings is 2. The molecule has 2 aliphatic rings. The largest absolute Gasteiger partial charge is 0.497 e. The minimum Gasteiger partial charge on any atom is -0.497 e. The minimum absolute atomic E-state index is 0. The molecule has 0 radical (unpaired) electrons. The number of likely N-dealkylation sites (tertiary alicyclic amines) is 1. The molecule has 0 aromatic heterocycles. The van der Waals surface area contributed by atoms with E-state index in [0.717, 1.165) is 23.0 Å². The van der Waals surface area contributed by atoms with Crippen LogP contribution >= 0.6 is 24.2 Å². The maximum Gasteiger partial charge on any atom is 0.132 e. The Balaban J connectivity index is 0.00000196. The summed E-state index contributed by atoms with van der Waals surface area (Å²) in [6.07, 6.45) is 4.10. The van der Waals surface area contributed by atoms with Gasteiger partial charge in [0.2, 0.25) is 0 Å². The molecule has 1 saturated heterocycles. The highest BCUT2D eigenvalue weighted by Gasteiger charge is 2.28. The smallest absolute Gasteiger partial charge is 0.132 e. The molecule has 0 N–H and O–H groups in total. The lowest BCUT2D eigenvalue weighted by Crippen LogP contribution is -2.31. The van der Waals surface area contributed by atoms with Crippen molar-refractivity contribution >= 4 is 24.2 Å². The first-order chi connectivity index (χ1) is 12.3. The molecule has 2 aromatic rings. The SMILES string of the molecule is COc1ccc2c(c1)C(SCCN1CCCCC1)c1ccccc1O2.Cl. The molecule has 1 atom stereocenters. The van der Waals surface area contributed by atoms with Gasteiger partial charge in [-0.2, -0.15) is 0 Å². The summed E-state index contributed by atoms with van der Waals surface area (Å²) in [5.74, 6) is 3.96. The monoisotopic (exact) mass is 391 g/mol. The van der Waals surface area contributed by atoms with Gasteiger partial charge in [0, 0.05) is 23.4 Å². The summed E-state index contributed by atoms with van der Waals surface area (Å²) in [6.45, 7) is 3.69. The van der Waals surface area contributed by atoms with Crippen LogP contribution in [0.15, 0.2) is 42.5 Å². The summed E-state index contributed by atoms with van der Waals surface area (Å²) in [5, 5.41) is 0.305. The Hall–Kier alpha value is -1.36. The predicted molar refractivity (Wildman–Crippen MR) is 111 cm³/mol. The maximum absolute atomic E-state index is 6.12. The van der Waals surface area contributed by atoms with Crippen molar-refractivity contribution in [2.45, 2.75) is 24.5 Å². The molecule has 0 bridgehead atoms. The van der Waals surface area contributed by atoms with E-state index in [4.69, 9.17) is 9.47 Å². The zero-order valence-corrected chi connectivity index (χ0v) is 16.8. The molecule has 4 rings (SSSR count). The molecule has 2 aliphatic heterocycles. The number of para-hydroxylation sites is 1. The second-order valence-corrected chi connectivity index (χ2v) is 7.91. The van der Waals surface area contributed by atoms with Gasteiger partial charge in [-0.05, 0) is 50.2 Å². The Bertz CT molecular complexity index is 734. The first-order valence-electron chi connectivity index (χ1n) is 9.14. The summed E-state index contributed by atoms with van der Waals surface area (Å²) < 4.78 is 11.6. The van der Waals surface area contributed by atoms with Gasteiger partial charge in [0.1, 0.15) is 17.2 Å². The number of methoxy groups -OCH3 is 1. The molecule has 2 heterocycles. The van der Waals surface area contributed by atoms with Crippen molar-refractivity contribution in [3.63, 3.8) is 0 Å². The van der Waals surface area contributed by atoms with Gasteiger partial charge in [0.25, 0.3) is 0 Å².